The number of nitrogens with one attached hydrogen (secondary N) is 1. The summed E-state index contributed by atoms with van der Waals surface area (Å²) in [5.74, 6) is -3.60. The van der Waals surface area contributed by atoms with Crippen LogP contribution >= 0.6 is 23.5 Å². The van der Waals surface area contributed by atoms with Crippen LogP contribution < -0.4 is 34.9 Å². The Morgan fingerprint density at radius 1 is 1.34 bits per heavy atom. The van der Waals surface area contributed by atoms with E-state index in [1.54, 1.807) is 30.3 Å². The first-order chi connectivity index (χ1) is 17.6. The molecule has 2 aromatic rings. The average Bonchev–Trinajstić information content (AvgIpc) is 3.29. The number of amides is 2. The molecule has 2 aliphatic heterocycles. The van der Waals surface area contributed by atoms with E-state index in [2.05, 4.69) is 20.8 Å². The molecule has 0 bridgehead atoms. The van der Waals surface area contributed by atoms with E-state index in [-0.39, 0.29) is 58.4 Å². The number of β-lactam (4-membered cyclic amide) rings is 1. The molecule has 196 valence electrons. The molecule has 15 nitrogen and oxygen atoms in total. The van der Waals surface area contributed by atoms with Crippen LogP contribution in [0, 0.1) is 0 Å². The van der Waals surface area contributed by atoms with Crippen LogP contribution in [0.15, 0.2) is 46.8 Å². The van der Waals surface area contributed by atoms with Gasteiger partial charge >= 0.3 is 35.5 Å². The van der Waals surface area contributed by atoms with Crippen LogP contribution in [-0.4, -0.2) is 90.4 Å². The molecule has 3 atom stereocenters. The summed E-state index contributed by atoms with van der Waals surface area (Å²) in [6.45, 7) is 0.125. The van der Waals surface area contributed by atoms with Gasteiger partial charge in [-0.3, -0.25) is 19.3 Å². The summed E-state index contributed by atoms with van der Waals surface area (Å²) in [4.78, 5) is 49.7. The molecule has 0 radical (unpaired) electrons. The molecule has 1 aromatic carbocycles. The van der Waals surface area contributed by atoms with Gasteiger partial charge in [0.25, 0.3) is 18.3 Å². The predicted octanol–water partition coefficient (Wildman–Crippen LogP) is -4.08. The van der Waals surface area contributed by atoms with E-state index in [1.165, 1.54) is 11.8 Å². The Morgan fingerprint density at radius 2 is 2.05 bits per heavy atom. The standard InChI is InChI=1S/C19H18N6O9S3.Na/c26-9-34-14(10-4-2-1-3-5-10)15(27)20-12-16(28)25-13(18(29)30)11(6-35-17(12)25)7-36-19-21-22-23-24(19)8-37(31,32)33;/h1-5,9,12,14,17H,6-8H2,(H,20,27)(H,29,30)(H,31,32,33);/q;+1/p-1/t12-,14-,17-;/m1./s1. The van der Waals surface area contributed by atoms with Crippen molar-refractivity contribution in [2.24, 2.45) is 0 Å². The van der Waals surface area contributed by atoms with Gasteiger partial charge < -0.3 is 19.7 Å². The molecule has 0 saturated carbocycles. The Labute approximate surface area is 245 Å². The fraction of sp³-hybridized carbons (Fsp3) is 0.316. The normalized spacial score (nSPS) is 19.5. The molecule has 4 rings (SSSR count). The van der Waals surface area contributed by atoms with Crippen molar-refractivity contribution in [1.29, 1.82) is 0 Å². The van der Waals surface area contributed by atoms with E-state index in [4.69, 9.17) is 4.74 Å². The van der Waals surface area contributed by atoms with Crippen LogP contribution in [0.2, 0.25) is 0 Å². The van der Waals surface area contributed by atoms with Gasteiger partial charge in [-0.25, -0.2) is 17.9 Å². The quantitative estimate of drug-likeness (QED) is 0.0835. The van der Waals surface area contributed by atoms with Gasteiger partial charge in [-0.2, -0.15) is 0 Å². The molecule has 0 spiro atoms. The fourth-order valence-corrected chi connectivity index (χ4v) is 6.60. The van der Waals surface area contributed by atoms with E-state index in [0.717, 1.165) is 21.3 Å². The van der Waals surface area contributed by atoms with Gasteiger partial charge in [0.1, 0.15) is 33.1 Å². The van der Waals surface area contributed by atoms with E-state index in [0.29, 0.717) is 11.1 Å². The van der Waals surface area contributed by atoms with Gasteiger partial charge in [0.05, 0.1) is 0 Å². The fourth-order valence-electron chi connectivity index (χ4n) is 3.68. The molecule has 1 fully saturated rings. The van der Waals surface area contributed by atoms with Gasteiger partial charge in [-0.15, -0.1) is 16.9 Å². The topological polar surface area (TPSA) is 214 Å². The summed E-state index contributed by atoms with van der Waals surface area (Å²) < 4.78 is 38.7. The van der Waals surface area contributed by atoms with Crippen molar-refractivity contribution in [1.82, 2.24) is 30.4 Å². The third-order valence-corrected chi connectivity index (χ3v) is 8.18. The number of aromatic nitrogens is 4. The molecular weight excluding hydrogens is 575 g/mol. The van der Waals surface area contributed by atoms with Crippen molar-refractivity contribution < 1.29 is 71.5 Å². The van der Waals surface area contributed by atoms with E-state index in [9.17, 15) is 37.3 Å². The number of fused-ring (bicyclic) bond motifs is 1. The van der Waals surface area contributed by atoms with E-state index >= 15 is 0 Å². The Hall–Kier alpha value is -2.48. The number of thioether (sulfide) groups is 2. The number of rotatable bonds is 11. The predicted molar refractivity (Wildman–Crippen MR) is 124 cm³/mol. The Morgan fingerprint density at radius 3 is 2.68 bits per heavy atom. The summed E-state index contributed by atoms with van der Waals surface area (Å²) in [7, 11) is -4.66. The second-order valence-electron chi connectivity index (χ2n) is 7.61. The monoisotopic (exact) mass is 592 g/mol. The van der Waals surface area contributed by atoms with Crippen molar-refractivity contribution >= 4 is 57.9 Å². The van der Waals surface area contributed by atoms with Crippen LogP contribution in [0.4, 0.5) is 0 Å². The summed E-state index contributed by atoms with van der Waals surface area (Å²) in [6, 6.07) is 7.13. The first-order valence-corrected chi connectivity index (χ1v) is 13.9. The molecule has 38 heavy (non-hydrogen) atoms. The van der Waals surface area contributed by atoms with Gasteiger partial charge in [0, 0.05) is 17.1 Å². The number of hydrogen-bond donors (Lipinski definition) is 2. The third-order valence-electron chi connectivity index (χ3n) is 5.23. The Bertz CT molecular complexity index is 1370. The van der Waals surface area contributed by atoms with Crippen LogP contribution in [0.5, 0.6) is 0 Å². The van der Waals surface area contributed by atoms with Gasteiger partial charge in [-0.05, 0) is 16.0 Å². The number of carboxylic acid groups (broad SMARTS) is 1. The maximum Gasteiger partial charge on any atom is 1.00 e. The molecule has 1 aromatic heterocycles. The van der Waals surface area contributed by atoms with Crippen molar-refractivity contribution in [2.75, 3.05) is 11.5 Å². The van der Waals surface area contributed by atoms with Gasteiger partial charge in [0.2, 0.25) is 11.3 Å². The number of aliphatic carboxylic acids is 1. The van der Waals surface area contributed by atoms with E-state index < -0.39 is 51.3 Å². The number of ether oxygens (including phenoxy) is 1. The van der Waals surface area contributed by atoms with Crippen LogP contribution in [0.1, 0.15) is 11.7 Å². The smallest absolute Gasteiger partial charge is 0.747 e. The number of tetrazole rings is 1. The zero-order valence-corrected chi connectivity index (χ0v) is 23.9. The maximum atomic E-state index is 12.9. The molecule has 2 aliphatic rings. The van der Waals surface area contributed by atoms with Crippen LogP contribution in [-0.2, 0) is 39.9 Å². The van der Waals surface area contributed by atoms with E-state index in [1.807, 2.05) is 0 Å². The molecule has 0 unspecified atom stereocenters. The first-order valence-electron chi connectivity index (χ1n) is 10.3. The number of benzene rings is 1. The largest absolute Gasteiger partial charge is 1.00 e. The number of nitrogens with zero attached hydrogens (tertiary/aromatic N) is 5. The molecule has 19 heteroatoms. The van der Waals surface area contributed by atoms with Crippen LogP contribution in [0.25, 0.3) is 0 Å². The summed E-state index contributed by atoms with van der Waals surface area (Å²) in [6.07, 6.45) is -1.29. The molecule has 2 N–H and O–H groups in total. The molecule has 0 aliphatic carbocycles. The van der Waals surface area contributed by atoms with Gasteiger partial charge in [-0.1, -0.05) is 42.1 Å². The number of hydrogen-bond acceptors (Lipinski definition) is 13. The minimum atomic E-state index is -4.66. The Balaban J connectivity index is 0.00000400. The van der Waals surface area contributed by atoms with Gasteiger partial charge in [0.15, 0.2) is 0 Å². The number of carbonyl (C=O) groups excluding carboxylic acids is 3. The minimum absolute atomic E-state index is 0. The average molecular weight is 593 g/mol. The Kier molecular flexibility index (Phi) is 9.96. The van der Waals surface area contributed by atoms with Crippen molar-refractivity contribution in [3.8, 4) is 0 Å². The molecule has 3 heterocycles. The molecular formula is C19H17N6NaO9S3. The number of carbonyl (C=O) groups is 4. The molecule has 2 amide bonds. The molecule has 1 saturated heterocycles. The second kappa shape index (κ2) is 12.6. The zero-order valence-electron chi connectivity index (χ0n) is 19.5. The SMILES string of the molecule is O=CO[C@@H](C(=O)N[C@@H]1C(=O)N2C(C(=O)O)=C(CSc3nnnn3CS(=O)(=O)[O-])CS[C@H]12)c1ccccc1.[Na+]. The third kappa shape index (κ3) is 6.56. The zero-order chi connectivity index (χ0) is 26.7. The van der Waals surface area contributed by atoms with Crippen molar-refractivity contribution in [3.05, 3.63) is 47.2 Å². The summed E-state index contributed by atoms with van der Waals surface area (Å²) >= 11 is 2.11. The number of carboxylic acids is 1. The summed E-state index contributed by atoms with van der Waals surface area (Å²) in [5, 5.41) is 22.0. The summed E-state index contributed by atoms with van der Waals surface area (Å²) in [5.41, 5.74) is 0.457. The first kappa shape index (κ1) is 30.1. The minimum Gasteiger partial charge on any atom is -0.747 e. The van der Waals surface area contributed by atoms with Crippen molar-refractivity contribution in [3.63, 3.8) is 0 Å². The van der Waals surface area contributed by atoms with Crippen LogP contribution in [0.3, 0.4) is 0 Å². The maximum absolute atomic E-state index is 12.9. The van der Waals surface area contributed by atoms with Crippen molar-refractivity contribution in [2.45, 2.75) is 28.6 Å². The second-order valence-corrected chi connectivity index (χ2v) is 11.0.